The molecule has 3 aromatic carbocycles. The van der Waals surface area contributed by atoms with Gasteiger partial charge in [0.25, 0.3) is 5.54 Å². The molecule has 0 saturated carbocycles. The largest absolute Gasteiger partial charge is 0.478 e. The summed E-state index contributed by atoms with van der Waals surface area (Å²) in [5.41, 5.74) is 0.336. The Balaban J connectivity index is 1.64. The molecule has 3 aliphatic carbocycles. The number of anilines is 1. The van der Waals surface area contributed by atoms with Gasteiger partial charge in [-0.2, -0.15) is 0 Å². The predicted molar refractivity (Wildman–Crippen MR) is 115 cm³/mol. The average molecular weight is 440 g/mol. The number of imide groups is 1. The highest BCUT2D eigenvalue weighted by molar-refractivity contribution is 6.23. The second kappa shape index (κ2) is 6.35. The van der Waals surface area contributed by atoms with E-state index in [4.69, 9.17) is 0 Å². The van der Waals surface area contributed by atoms with Crippen LogP contribution in [0.2, 0.25) is 0 Å². The molecule has 0 aromatic heterocycles. The summed E-state index contributed by atoms with van der Waals surface area (Å²) < 4.78 is 0. The molecule has 7 rings (SSSR count). The number of amides is 2. The Morgan fingerprint density at radius 3 is 2.09 bits per heavy atom. The molecule has 1 saturated heterocycles. The zero-order valence-corrected chi connectivity index (χ0v) is 17.0. The Hall–Kier alpha value is -4.33. The Morgan fingerprint density at radius 2 is 1.52 bits per heavy atom. The van der Waals surface area contributed by atoms with Gasteiger partial charge in [0.15, 0.2) is 0 Å². The summed E-state index contributed by atoms with van der Waals surface area (Å²) in [6, 6.07) is 19.4. The number of hydrogen-bond acceptors (Lipinski definition) is 5. The number of nitro groups is 1. The van der Waals surface area contributed by atoms with E-state index in [9.17, 15) is 29.6 Å². The van der Waals surface area contributed by atoms with Gasteiger partial charge in [0.2, 0.25) is 11.8 Å². The third-order valence-corrected chi connectivity index (χ3v) is 7.21. The van der Waals surface area contributed by atoms with Crippen LogP contribution in [-0.2, 0) is 15.1 Å². The molecule has 1 heterocycles. The van der Waals surface area contributed by atoms with E-state index in [1.165, 1.54) is 24.3 Å². The molecule has 162 valence electrons. The predicted octanol–water partition coefficient (Wildman–Crippen LogP) is 3.17. The lowest BCUT2D eigenvalue weighted by molar-refractivity contribution is -0.578. The molecule has 2 atom stereocenters. The van der Waals surface area contributed by atoms with E-state index in [1.54, 1.807) is 48.5 Å². The van der Waals surface area contributed by atoms with Crippen LogP contribution in [0.3, 0.4) is 0 Å². The van der Waals surface area contributed by atoms with Crippen LogP contribution in [0.5, 0.6) is 0 Å². The summed E-state index contributed by atoms with van der Waals surface area (Å²) in [5, 5.41) is 22.2. The molecule has 33 heavy (non-hydrogen) atoms. The van der Waals surface area contributed by atoms with E-state index < -0.39 is 46.0 Å². The van der Waals surface area contributed by atoms with Crippen LogP contribution in [-0.4, -0.2) is 27.8 Å². The zero-order valence-electron chi connectivity index (χ0n) is 17.0. The number of rotatable bonds is 3. The maximum absolute atomic E-state index is 13.8. The van der Waals surface area contributed by atoms with Crippen LogP contribution < -0.4 is 4.90 Å². The second-order valence-corrected chi connectivity index (χ2v) is 8.55. The van der Waals surface area contributed by atoms with E-state index in [0.29, 0.717) is 22.3 Å². The van der Waals surface area contributed by atoms with Gasteiger partial charge >= 0.3 is 5.97 Å². The normalized spacial score (nSPS) is 26.5. The molecule has 4 aliphatic rings. The van der Waals surface area contributed by atoms with E-state index in [0.717, 1.165) is 4.90 Å². The fourth-order valence-electron chi connectivity index (χ4n) is 6.07. The Morgan fingerprint density at radius 1 is 0.909 bits per heavy atom. The van der Waals surface area contributed by atoms with E-state index in [-0.39, 0.29) is 11.3 Å². The lowest BCUT2D eigenvalue weighted by Crippen LogP contribution is -2.57. The van der Waals surface area contributed by atoms with E-state index in [1.807, 2.05) is 0 Å². The van der Waals surface area contributed by atoms with Crippen molar-refractivity contribution < 1.29 is 24.4 Å². The van der Waals surface area contributed by atoms with Gasteiger partial charge < -0.3 is 5.11 Å². The fourth-order valence-corrected chi connectivity index (χ4v) is 6.07. The van der Waals surface area contributed by atoms with Crippen LogP contribution in [0, 0.1) is 22.0 Å². The highest BCUT2D eigenvalue weighted by Gasteiger charge is 2.74. The molecular weight excluding hydrogens is 424 g/mol. The lowest BCUT2D eigenvalue weighted by Gasteiger charge is -2.48. The van der Waals surface area contributed by atoms with Crippen molar-refractivity contribution in [1.82, 2.24) is 0 Å². The molecule has 8 heteroatoms. The topological polar surface area (TPSA) is 118 Å². The summed E-state index contributed by atoms with van der Waals surface area (Å²) in [5.74, 6) is -5.13. The number of hydrogen-bond donors (Lipinski definition) is 1. The summed E-state index contributed by atoms with van der Waals surface area (Å²) in [7, 11) is 0. The van der Waals surface area contributed by atoms with Gasteiger partial charge in [0.05, 0.1) is 17.2 Å². The number of carbonyl (C=O) groups excluding carboxylic acids is 2. The summed E-state index contributed by atoms with van der Waals surface area (Å²) in [4.78, 5) is 52.4. The molecule has 0 radical (unpaired) electrons. The van der Waals surface area contributed by atoms with Crippen molar-refractivity contribution in [3.8, 4) is 0 Å². The van der Waals surface area contributed by atoms with Crippen LogP contribution in [0.25, 0.3) is 0 Å². The molecule has 0 spiro atoms. The highest BCUT2D eigenvalue weighted by Crippen LogP contribution is 2.64. The zero-order chi connectivity index (χ0) is 23.1. The average Bonchev–Trinajstić information content (AvgIpc) is 3.09. The number of carboxylic acids is 1. The highest BCUT2D eigenvalue weighted by atomic mass is 16.6. The maximum atomic E-state index is 13.8. The molecule has 2 bridgehead atoms. The fraction of sp³-hybridized carbons (Fsp3) is 0.160. The second-order valence-electron chi connectivity index (χ2n) is 8.55. The van der Waals surface area contributed by atoms with Crippen molar-refractivity contribution in [3.63, 3.8) is 0 Å². The van der Waals surface area contributed by atoms with Gasteiger partial charge in [-0.05, 0) is 29.3 Å². The van der Waals surface area contributed by atoms with Crippen molar-refractivity contribution in [3.05, 3.63) is 111 Å². The molecule has 1 aliphatic heterocycles. The van der Waals surface area contributed by atoms with Gasteiger partial charge in [-0.15, -0.1) is 0 Å². The lowest BCUT2D eigenvalue weighted by atomic mass is 9.51. The van der Waals surface area contributed by atoms with Crippen molar-refractivity contribution in [2.75, 3.05) is 4.90 Å². The molecule has 1 fully saturated rings. The quantitative estimate of drug-likeness (QED) is 0.380. The first-order valence-corrected chi connectivity index (χ1v) is 10.4. The summed E-state index contributed by atoms with van der Waals surface area (Å²) in [6.07, 6.45) is 0. The van der Waals surface area contributed by atoms with E-state index in [2.05, 4.69) is 0 Å². The van der Waals surface area contributed by atoms with Crippen molar-refractivity contribution in [1.29, 1.82) is 0 Å². The number of carboxylic acid groups (broad SMARTS) is 1. The first kappa shape index (κ1) is 19.4. The number of benzene rings is 3. The van der Waals surface area contributed by atoms with Crippen molar-refractivity contribution in [2.24, 2.45) is 11.8 Å². The molecule has 8 nitrogen and oxygen atoms in total. The monoisotopic (exact) mass is 440 g/mol. The standard InChI is InChI=1S/C25H16N2O6/c28-22-20-19-15-8-1-3-10-17(15)25(27(32)33,18-11-4-2-9-16(18)19)21(20)23(29)26(22)14-7-5-6-13(12-14)24(30)31/h1-12,19-21H,(H,30,31)/t19?,20-,21+,25?/m0/s1. The Bertz CT molecular complexity index is 1370. The first-order valence-electron chi connectivity index (χ1n) is 10.4. The Labute approximate surface area is 187 Å². The summed E-state index contributed by atoms with van der Waals surface area (Å²) >= 11 is 0. The number of carbonyl (C=O) groups is 3. The molecule has 0 unspecified atom stereocenters. The first-order chi connectivity index (χ1) is 15.9. The number of nitrogens with zero attached hydrogens (tertiary/aromatic N) is 2. The minimum atomic E-state index is -1.90. The van der Waals surface area contributed by atoms with Crippen LogP contribution in [0.15, 0.2) is 72.8 Å². The van der Waals surface area contributed by atoms with Gasteiger partial charge in [0, 0.05) is 22.0 Å². The Kier molecular flexibility index (Phi) is 3.73. The van der Waals surface area contributed by atoms with E-state index >= 15 is 0 Å². The SMILES string of the molecule is O=C(O)c1cccc(N2C(=O)[C@H]3C4c5ccccc5C([N+](=O)[O-])(c5ccccc54)[C@H]3C2=O)c1. The van der Waals surface area contributed by atoms with Crippen LogP contribution in [0.1, 0.15) is 38.5 Å². The molecule has 1 N–H and O–H groups in total. The van der Waals surface area contributed by atoms with Gasteiger partial charge in [-0.1, -0.05) is 54.6 Å². The van der Waals surface area contributed by atoms with Gasteiger partial charge in [-0.3, -0.25) is 19.7 Å². The van der Waals surface area contributed by atoms with Gasteiger partial charge in [-0.25, -0.2) is 9.69 Å². The van der Waals surface area contributed by atoms with Crippen LogP contribution >= 0.6 is 0 Å². The smallest absolute Gasteiger partial charge is 0.335 e. The third-order valence-electron chi connectivity index (χ3n) is 7.21. The van der Waals surface area contributed by atoms with Crippen LogP contribution in [0.4, 0.5) is 5.69 Å². The molecule has 3 aromatic rings. The minimum absolute atomic E-state index is 0.0819. The van der Waals surface area contributed by atoms with Crippen molar-refractivity contribution in [2.45, 2.75) is 11.5 Å². The molecule has 2 amide bonds. The number of aromatic carboxylic acids is 1. The van der Waals surface area contributed by atoms with Gasteiger partial charge in [0.1, 0.15) is 5.92 Å². The minimum Gasteiger partial charge on any atom is -0.478 e. The summed E-state index contributed by atoms with van der Waals surface area (Å²) in [6.45, 7) is 0. The van der Waals surface area contributed by atoms with Crippen molar-refractivity contribution >= 4 is 23.5 Å². The third kappa shape index (κ3) is 2.17. The maximum Gasteiger partial charge on any atom is 0.335 e. The molecular formula is C25H16N2O6.